The molecule has 130 valence electrons. The second kappa shape index (κ2) is 12.2. The maximum atomic E-state index is 12.8. The minimum atomic E-state index is -2.94. The molecule has 0 aromatic carbocycles. The van der Waals surface area contributed by atoms with Crippen LogP contribution in [0.15, 0.2) is 11.6 Å². The van der Waals surface area contributed by atoms with Gasteiger partial charge in [0, 0.05) is 17.5 Å². The Morgan fingerprint density at radius 3 is 2.55 bits per heavy atom. The smallest absolute Gasteiger partial charge is 0.331 e. The summed E-state index contributed by atoms with van der Waals surface area (Å²) in [6.45, 7) is 6.17. The minimum absolute atomic E-state index is 0.00185. The summed E-state index contributed by atoms with van der Waals surface area (Å²) in [5, 5.41) is 18.0. The fourth-order valence-electron chi connectivity index (χ4n) is 2.06. The maximum absolute atomic E-state index is 12.8. The second-order valence-corrected chi connectivity index (χ2v) is 9.27. The number of unbranched alkanes of at least 4 members (excludes halogenated alkanes) is 1. The number of aliphatic hydroxyl groups is 1. The molecule has 0 amide bonds. The number of aliphatic hydroxyl groups excluding tert-OH is 1. The van der Waals surface area contributed by atoms with Crippen molar-refractivity contribution in [3.8, 4) is 0 Å². The Morgan fingerprint density at radius 1 is 1.36 bits per heavy atom. The van der Waals surface area contributed by atoms with Crippen molar-refractivity contribution in [1.82, 2.24) is 0 Å². The molecule has 1 atom stereocenters. The molecule has 0 heterocycles. The summed E-state index contributed by atoms with van der Waals surface area (Å²) < 4.78 is 18.2. The summed E-state index contributed by atoms with van der Waals surface area (Å²) in [4.78, 5) is 11.4. The third-order valence-electron chi connectivity index (χ3n) is 2.81. The van der Waals surface area contributed by atoms with Gasteiger partial charge in [-0.3, -0.25) is 4.57 Å². The normalized spacial score (nSPS) is 15.0. The molecule has 0 aromatic heterocycles. The summed E-state index contributed by atoms with van der Waals surface area (Å²) in [5.74, 6) is 0.747. The van der Waals surface area contributed by atoms with Crippen LogP contribution in [0.4, 0.5) is 0 Å². The number of carbonyl (C=O) groups is 1. The number of carboxylic acids is 1. The zero-order valence-electron chi connectivity index (χ0n) is 13.8. The molecular formula is C15H29O5PS. The Labute approximate surface area is 138 Å². The SMILES string of the molecule is CCOP(=O)(CC(=CCCCSCCO)C(=O)O)CC(C)C. The molecule has 0 saturated heterocycles. The van der Waals surface area contributed by atoms with Crippen LogP contribution in [0, 0.1) is 5.92 Å². The van der Waals surface area contributed by atoms with E-state index in [1.165, 1.54) is 0 Å². The predicted octanol–water partition coefficient (Wildman–Crippen LogP) is 3.47. The zero-order chi connectivity index (χ0) is 17.0. The number of allylic oxidation sites excluding steroid dienone is 1. The molecule has 0 saturated carbocycles. The molecule has 0 fully saturated rings. The summed E-state index contributed by atoms with van der Waals surface area (Å²) in [5.41, 5.74) is 0.185. The first-order chi connectivity index (χ1) is 10.3. The van der Waals surface area contributed by atoms with E-state index in [4.69, 9.17) is 9.63 Å². The van der Waals surface area contributed by atoms with Crippen molar-refractivity contribution in [3.63, 3.8) is 0 Å². The van der Waals surface area contributed by atoms with Gasteiger partial charge in [-0.15, -0.1) is 0 Å². The van der Waals surface area contributed by atoms with E-state index in [-0.39, 0.29) is 24.3 Å². The molecule has 0 aromatic rings. The van der Waals surface area contributed by atoms with Crippen LogP contribution in [0.5, 0.6) is 0 Å². The summed E-state index contributed by atoms with van der Waals surface area (Å²) in [6.07, 6.45) is 3.53. The Morgan fingerprint density at radius 2 is 2.05 bits per heavy atom. The molecule has 22 heavy (non-hydrogen) atoms. The van der Waals surface area contributed by atoms with E-state index in [0.717, 1.165) is 12.2 Å². The number of rotatable bonds is 13. The van der Waals surface area contributed by atoms with Crippen molar-refractivity contribution in [3.05, 3.63) is 11.6 Å². The van der Waals surface area contributed by atoms with Crippen molar-refractivity contribution < 1.29 is 24.1 Å². The van der Waals surface area contributed by atoms with Crippen molar-refractivity contribution in [2.45, 2.75) is 33.6 Å². The highest BCUT2D eigenvalue weighted by Gasteiger charge is 2.27. The molecule has 0 aliphatic heterocycles. The number of carboxylic acid groups (broad SMARTS) is 1. The molecule has 1 unspecified atom stereocenters. The van der Waals surface area contributed by atoms with Crippen LogP contribution in [0.1, 0.15) is 33.6 Å². The highest BCUT2D eigenvalue weighted by molar-refractivity contribution is 7.99. The standard InChI is InChI=1S/C15H29O5PS/c1-4-20-21(19,11-13(2)3)12-14(15(17)18)7-5-6-9-22-10-8-16/h7,13,16H,4-6,8-12H2,1-3H3,(H,17,18). The molecule has 0 spiro atoms. The van der Waals surface area contributed by atoms with Crippen LogP contribution in [-0.2, 0) is 13.9 Å². The highest BCUT2D eigenvalue weighted by atomic mass is 32.2. The highest BCUT2D eigenvalue weighted by Crippen LogP contribution is 2.50. The van der Waals surface area contributed by atoms with Gasteiger partial charge in [0.25, 0.3) is 0 Å². The van der Waals surface area contributed by atoms with E-state index >= 15 is 0 Å². The maximum Gasteiger partial charge on any atom is 0.331 e. The molecule has 0 rings (SSSR count). The Bertz CT molecular complexity index is 395. The molecule has 7 heteroatoms. The van der Waals surface area contributed by atoms with Crippen LogP contribution in [-0.4, -0.2) is 53.2 Å². The van der Waals surface area contributed by atoms with Gasteiger partial charge in [0.2, 0.25) is 7.37 Å². The number of hydrogen-bond acceptors (Lipinski definition) is 5. The minimum Gasteiger partial charge on any atom is -0.478 e. The Balaban J connectivity index is 4.64. The van der Waals surface area contributed by atoms with Gasteiger partial charge >= 0.3 is 5.97 Å². The monoisotopic (exact) mass is 352 g/mol. The van der Waals surface area contributed by atoms with Gasteiger partial charge in [-0.1, -0.05) is 19.9 Å². The lowest BCUT2D eigenvalue weighted by molar-refractivity contribution is -0.132. The lowest BCUT2D eigenvalue weighted by atomic mass is 10.2. The molecule has 0 aliphatic carbocycles. The Hall–Kier alpha value is -0.290. The number of thioether (sulfide) groups is 1. The Kier molecular flexibility index (Phi) is 12.0. The molecule has 0 radical (unpaired) electrons. The summed E-state index contributed by atoms with van der Waals surface area (Å²) >= 11 is 1.64. The van der Waals surface area contributed by atoms with Crippen molar-refractivity contribution >= 4 is 25.1 Å². The third-order valence-corrected chi connectivity index (χ3v) is 6.70. The van der Waals surface area contributed by atoms with E-state index in [1.54, 1.807) is 24.8 Å². The van der Waals surface area contributed by atoms with E-state index in [0.29, 0.717) is 24.9 Å². The molecular weight excluding hydrogens is 323 g/mol. The van der Waals surface area contributed by atoms with Gasteiger partial charge in [0.15, 0.2) is 0 Å². The van der Waals surface area contributed by atoms with Crippen molar-refractivity contribution in [2.75, 3.05) is 37.0 Å². The van der Waals surface area contributed by atoms with Crippen LogP contribution < -0.4 is 0 Å². The van der Waals surface area contributed by atoms with Gasteiger partial charge in [-0.05, 0) is 31.4 Å². The van der Waals surface area contributed by atoms with E-state index in [1.807, 2.05) is 13.8 Å². The fraction of sp³-hybridized carbons (Fsp3) is 0.800. The average Bonchev–Trinajstić information content (AvgIpc) is 2.40. The average molecular weight is 352 g/mol. The molecule has 0 bridgehead atoms. The first-order valence-electron chi connectivity index (χ1n) is 7.68. The van der Waals surface area contributed by atoms with Crippen LogP contribution in [0.2, 0.25) is 0 Å². The van der Waals surface area contributed by atoms with E-state index in [2.05, 4.69) is 0 Å². The van der Waals surface area contributed by atoms with Gasteiger partial charge < -0.3 is 14.7 Å². The quantitative estimate of drug-likeness (QED) is 0.300. The topological polar surface area (TPSA) is 83.8 Å². The van der Waals surface area contributed by atoms with Crippen LogP contribution in [0.25, 0.3) is 0 Å². The summed E-state index contributed by atoms with van der Waals surface area (Å²) in [6, 6.07) is 0. The van der Waals surface area contributed by atoms with Gasteiger partial charge in [-0.25, -0.2) is 4.79 Å². The largest absolute Gasteiger partial charge is 0.478 e. The fourth-order valence-corrected chi connectivity index (χ4v) is 5.46. The van der Waals surface area contributed by atoms with Crippen LogP contribution >= 0.6 is 19.1 Å². The molecule has 5 nitrogen and oxygen atoms in total. The lowest BCUT2D eigenvalue weighted by Gasteiger charge is -2.20. The molecule has 2 N–H and O–H groups in total. The number of aliphatic carboxylic acids is 1. The number of hydrogen-bond donors (Lipinski definition) is 2. The second-order valence-electron chi connectivity index (χ2n) is 5.48. The first-order valence-corrected chi connectivity index (χ1v) is 10.8. The third kappa shape index (κ3) is 10.4. The van der Waals surface area contributed by atoms with E-state index < -0.39 is 13.3 Å². The van der Waals surface area contributed by atoms with Crippen LogP contribution in [0.3, 0.4) is 0 Å². The van der Waals surface area contributed by atoms with Gasteiger partial charge in [0.05, 0.1) is 19.4 Å². The summed E-state index contributed by atoms with van der Waals surface area (Å²) in [7, 11) is -2.94. The lowest BCUT2D eigenvalue weighted by Crippen LogP contribution is -2.12. The van der Waals surface area contributed by atoms with Crippen molar-refractivity contribution in [2.24, 2.45) is 5.92 Å². The van der Waals surface area contributed by atoms with Crippen molar-refractivity contribution in [1.29, 1.82) is 0 Å². The first kappa shape index (κ1) is 21.7. The predicted molar refractivity (Wildman–Crippen MR) is 93.2 cm³/mol. The van der Waals surface area contributed by atoms with Gasteiger partial charge in [-0.2, -0.15) is 11.8 Å². The molecule has 0 aliphatic rings. The van der Waals surface area contributed by atoms with Gasteiger partial charge in [0.1, 0.15) is 0 Å². The van der Waals surface area contributed by atoms with E-state index in [9.17, 15) is 14.5 Å². The zero-order valence-corrected chi connectivity index (χ0v) is 15.5.